The van der Waals surface area contributed by atoms with Crippen molar-refractivity contribution < 1.29 is 4.39 Å². The molecule has 0 aliphatic carbocycles. The van der Waals surface area contributed by atoms with Crippen molar-refractivity contribution in [3.8, 4) is 0 Å². The molecule has 0 saturated heterocycles. The lowest BCUT2D eigenvalue weighted by atomic mass is 10.1. The van der Waals surface area contributed by atoms with Crippen LogP contribution < -0.4 is 0 Å². The van der Waals surface area contributed by atoms with Gasteiger partial charge in [0.05, 0.1) is 6.20 Å². The Morgan fingerprint density at radius 3 is 2.86 bits per heavy atom. The lowest BCUT2D eigenvalue weighted by Gasteiger charge is -2.03. The molecule has 2 aromatic heterocycles. The van der Waals surface area contributed by atoms with Crippen LogP contribution in [0.5, 0.6) is 0 Å². The predicted molar refractivity (Wildman–Crippen MR) is 52.0 cm³/mol. The van der Waals surface area contributed by atoms with Crippen LogP contribution in [0.3, 0.4) is 0 Å². The van der Waals surface area contributed by atoms with Gasteiger partial charge in [-0.2, -0.15) is 0 Å². The molecule has 0 radical (unpaired) electrons. The first-order valence-corrected chi connectivity index (χ1v) is 4.67. The second-order valence-corrected chi connectivity index (χ2v) is 3.73. The van der Waals surface area contributed by atoms with Crippen LogP contribution >= 0.6 is 11.6 Å². The van der Waals surface area contributed by atoms with E-state index in [1.165, 1.54) is 16.8 Å². The summed E-state index contributed by atoms with van der Waals surface area (Å²) in [7, 11) is 0. The maximum atomic E-state index is 13.4. The zero-order valence-electron chi connectivity index (χ0n) is 7.83. The van der Waals surface area contributed by atoms with Gasteiger partial charge in [0, 0.05) is 5.69 Å². The predicted octanol–water partition coefficient (Wildman–Crippen LogP) is 2.65. The van der Waals surface area contributed by atoms with Crippen LogP contribution in [-0.4, -0.2) is 14.6 Å². The molecule has 0 saturated carbocycles. The molecule has 2 rings (SSSR count). The zero-order valence-corrected chi connectivity index (χ0v) is 8.59. The van der Waals surface area contributed by atoms with Crippen molar-refractivity contribution in [1.29, 1.82) is 0 Å². The Morgan fingerprint density at radius 2 is 2.21 bits per heavy atom. The molecular weight excluding hydrogens is 205 g/mol. The quantitative estimate of drug-likeness (QED) is 0.729. The molecule has 0 unspecified atom stereocenters. The highest BCUT2D eigenvalue weighted by Gasteiger charge is 2.13. The van der Waals surface area contributed by atoms with Crippen LogP contribution in [0.15, 0.2) is 12.3 Å². The van der Waals surface area contributed by atoms with Crippen molar-refractivity contribution in [2.24, 2.45) is 0 Å². The van der Waals surface area contributed by atoms with Gasteiger partial charge in [-0.25, -0.2) is 13.9 Å². The van der Waals surface area contributed by atoms with Crippen molar-refractivity contribution in [3.63, 3.8) is 0 Å². The van der Waals surface area contributed by atoms with Crippen LogP contribution in [0.1, 0.15) is 25.5 Å². The van der Waals surface area contributed by atoms with Gasteiger partial charge in [-0.15, -0.1) is 5.10 Å². The van der Waals surface area contributed by atoms with Crippen molar-refractivity contribution in [2.75, 3.05) is 0 Å². The highest BCUT2D eigenvalue weighted by molar-refractivity contribution is 6.28. The average Bonchev–Trinajstić information content (AvgIpc) is 2.43. The Kier molecular flexibility index (Phi) is 2.15. The van der Waals surface area contributed by atoms with E-state index >= 15 is 0 Å². The first kappa shape index (κ1) is 9.40. The summed E-state index contributed by atoms with van der Waals surface area (Å²) in [5.74, 6) is -0.122. The number of aromatic nitrogens is 3. The molecule has 0 fully saturated rings. The van der Waals surface area contributed by atoms with Crippen LogP contribution in [-0.2, 0) is 0 Å². The lowest BCUT2D eigenvalue weighted by molar-refractivity contribution is 0.638. The highest BCUT2D eigenvalue weighted by Crippen LogP contribution is 2.20. The van der Waals surface area contributed by atoms with Crippen molar-refractivity contribution in [1.82, 2.24) is 14.6 Å². The van der Waals surface area contributed by atoms with Crippen LogP contribution in [0.4, 0.5) is 4.39 Å². The number of halogens is 2. The first-order valence-electron chi connectivity index (χ1n) is 4.29. The minimum absolute atomic E-state index is 0.120. The third-order valence-electron chi connectivity index (χ3n) is 2.06. The second-order valence-electron chi connectivity index (χ2n) is 3.40. The minimum atomic E-state index is -0.314. The van der Waals surface area contributed by atoms with Gasteiger partial charge in [-0.1, -0.05) is 13.8 Å². The maximum absolute atomic E-state index is 13.4. The van der Waals surface area contributed by atoms with Gasteiger partial charge in [0.25, 0.3) is 0 Å². The molecule has 0 aliphatic rings. The normalized spacial score (nSPS) is 11.5. The monoisotopic (exact) mass is 213 g/mol. The summed E-state index contributed by atoms with van der Waals surface area (Å²) >= 11 is 5.64. The largest absolute Gasteiger partial charge is 0.241 e. The van der Waals surface area contributed by atoms with E-state index in [2.05, 4.69) is 10.1 Å². The topological polar surface area (TPSA) is 30.2 Å². The Balaban J connectivity index is 2.79. The Hall–Kier alpha value is -1.16. The Morgan fingerprint density at radius 1 is 1.50 bits per heavy atom. The molecule has 0 atom stereocenters. The minimum Gasteiger partial charge on any atom is -0.230 e. The van der Waals surface area contributed by atoms with Crippen LogP contribution in [0.2, 0.25) is 5.28 Å². The van der Waals surface area contributed by atoms with Crippen LogP contribution in [0.25, 0.3) is 5.52 Å². The fourth-order valence-corrected chi connectivity index (χ4v) is 1.49. The molecule has 0 spiro atoms. The lowest BCUT2D eigenvalue weighted by Crippen LogP contribution is -2.00. The smallest absolute Gasteiger partial charge is 0.230 e. The zero-order chi connectivity index (χ0) is 10.3. The number of nitrogens with zero attached hydrogens (tertiary/aromatic N) is 3. The molecule has 0 N–H and O–H groups in total. The molecule has 0 aliphatic heterocycles. The van der Waals surface area contributed by atoms with Gasteiger partial charge < -0.3 is 0 Å². The SMILES string of the molecule is CC(C)c1cc(F)c2cnc(Cl)nn12. The second kappa shape index (κ2) is 3.20. The summed E-state index contributed by atoms with van der Waals surface area (Å²) in [6.45, 7) is 3.94. The summed E-state index contributed by atoms with van der Waals surface area (Å²) in [5, 5.41) is 4.07. The maximum Gasteiger partial charge on any atom is 0.241 e. The van der Waals surface area contributed by atoms with Crippen molar-refractivity contribution >= 4 is 17.1 Å². The highest BCUT2D eigenvalue weighted by atomic mass is 35.5. The molecule has 14 heavy (non-hydrogen) atoms. The molecule has 2 heterocycles. The van der Waals surface area contributed by atoms with E-state index in [0.717, 1.165) is 5.69 Å². The Bertz CT molecular complexity index is 478. The average molecular weight is 214 g/mol. The van der Waals surface area contributed by atoms with Gasteiger partial charge in [0.2, 0.25) is 5.28 Å². The van der Waals surface area contributed by atoms with E-state index in [9.17, 15) is 4.39 Å². The molecular formula is C9H9ClFN3. The number of rotatable bonds is 1. The van der Waals surface area contributed by atoms with Gasteiger partial charge in [0.1, 0.15) is 5.52 Å². The summed E-state index contributed by atoms with van der Waals surface area (Å²) < 4.78 is 14.9. The number of fused-ring (bicyclic) bond motifs is 1. The van der Waals surface area contributed by atoms with Gasteiger partial charge in [0.15, 0.2) is 5.82 Å². The third-order valence-corrected chi connectivity index (χ3v) is 2.23. The van der Waals surface area contributed by atoms with Crippen molar-refractivity contribution in [2.45, 2.75) is 19.8 Å². The van der Waals surface area contributed by atoms with Crippen molar-refractivity contribution in [3.05, 3.63) is 29.1 Å². The molecule has 5 heteroatoms. The summed E-state index contributed by atoms with van der Waals surface area (Å²) in [4.78, 5) is 3.73. The molecule has 2 aromatic rings. The number of hydrogen-bond acceptors (Lipinski definition) is 2. The van der Waals surface area contributed by atoms with Gasteiger partial charge in [-0.3, -0.25) is 0 Å². The molecule has 74 valence electrons. The van der Waals surface area contributed by atoms with E-state index in [0.29, 0.717) is 5.52 Å². The van der Waals surface area contributed by atoms with E-state index in [1.54, 1.807) is 0 Å². The summed E-state index contributed by atoms with van der Waals surface area (Å²) in [5.41, 5.74) is 1.15. The van der Waals surface area contributed by atoms with E-state index in [-0.39, 0.29) is 17.0 Å². The van der Waals surface area contributed by atoms with Crippen LogP contribution in [0, 0.1) is 5.82 Å². The van der Waals surface area contributed by atoms with E-state index in [1.807, 2.05) is 13.8 Å². The van der Waals surface area contributed by atoms with Gasteiger partial charge in [-0.05, 0) is 23.6 Å². The summed E-state index contributed by atoms with van der Waals surface area (Å²) in [6.07, 6.45) is 1.39. The molecule has 0 amide bonds. The molecule has 0 bridgehead atoms. The molecule has 0 aromatic carbocycles. The third kappa shape index (κ3) is 1.35. The molecule has 3 nitrogen and oxygen atoms in total. The van der Waals surface area contributed by atoms with Gasteiger partial charge >= 0.3 is 0 Å². The standard InChI is InChI=1S/C9H9ClFN3/c1-5(2)7-3-6(11)8-4-12-9(10)13-14(7)8/h3-5H,1-2H3. The first-order chi connectivity index (χ1) is 6.59. The summed E-state index contributed by atoms with van der Waals surface area (Å²) in [6, 6.07) is 1.46. The Labute approximate surface area is 85.5 Å². The van der Waals surface area contributed by atoms with E-state index in [4.69, 9.17) is 11.6 Å². The van der Waals surface area contributed by atoms with E-state index < -0.39 is 0 Å². The fraction of sp³-hybridized carbons (Fsp3) is 0.333. The fourth-order valence-electron chi connectivity index (χ4n) is 1.37. The number of hydrogen-bond donors (Lipinski definition) is 0.